The molecule has 3 amide bonds. The van der Waals surface area contributed by atoms with E-state index in [-0.39, 0.29) is 23.7 Å². The van der Waals surface area contributed by atoms with Gasteiger partial charge in [-0.05, 0) is 25.0 Å². The summed E-state index contributed by atoms with van der Waals surface area (Å²) in [4.78, 5) is 39.7. The Hall–Kier alpha value is -3.94. The van der Waals surface area contributed by atoms with E-state index in [4.69, 9.17) is 0 Å². The van der Waals surface area contributed by atoms with Gasteiger partial charge in [0.15, 0.2) is 0 Å². The summed E-state index contributed by atoms with van der Waals surface area (Å²) < 4.78 is 1.65. The zero-order valence-electron chi connectivity index (χ0n) is 19.4. The van der Waals surface area contributed by atoms with Crippen LogP contribution in [0.2, 0.25) is 0 Å². The van der Waals surface area contributed by atoms with E-state index < -0.39 is 5.91 Å². The highest BCUT2D eigenvalue weighted by Gasteiger charge is 2.29. The van der Waals surface area contributed by atoms with Crippen molar-refractivity contribution in [2.75, 3.05) is 13.1 Å². The Morgan fingerprint density at radius 3 is 2.15 bits per heavy atom. The van der Waals surface area contributed by atoms with E-state index in [1.54, 1.807) is 15.8 Å². The number of likely N-dealkylation sites (tertiary alicyclic amines) is 1. The number of para-hydroxylation sites is 1. The number of hydrogen-bond donors (Lipinski definition) is 2. The van der Waals surface area contributed by atoms with Crippen LogP contribution in [0, 0.1) is 11.8 Å². The van der Waals surface area contributed by atoms with Crippen LogP contribution >= 0.6 is 0 Å². The van der Waals surface area contributed by atoms with Crippen LogP contribution in [-0.2, 0) is 9.59 Å². The summed E-state index contributed by atoms with van der Waals surface area (Å²) in [5, 5.41) is 4.63. The number of carbonyl (C=O) groups is 3. The first kappa shape index (κ1) is 23.2. The van der Waals surface area contributed by atoms with Crippen molar-refractivity contribution < 1.29 is 14.4 Å². The van der Waals surface area contributed by atoms with Gasteiger partial charge in [-0.3, -0.25) is 25.2 Å². The summed E-state index contributed by atoms with van der Waals surface area (Å²) in [6, 6.07) is 19.0. The molecular formula is C26H29N5O3. The average molecular weight is 460 g/mol. The number of carbonyl (C=O) groups excluding carboxylic acids is 3. The molecule has 2 aromatic carbocycles. The highest BCUT2D eigenvalue weighted by molar-refractivity contribution is 6.00. The maximum absolute atomic E-state index is 13.1. The zero-order chi connectivity index (χ0) is 24.1. The van der Waals surface area contributed by atoms with E-state index in [9.17, 15) is 14.4 Å². The fourth-order valence-corrected chi connectivity index (χ4v) is 4.08. The Morgan fingerprint density at radius 1 is 0.912 bits per heavy atom. The third-order valence-corrected chi connectivity index (χ3v) is 6.00. The highest BCUT2D eigenvalue weighted by Crippen LogP contribution is 2.24. The first-order valence-corrected chi connectivity index (χ1v) is 11.5. The van der Waals surface area contributed by atoms with Crippen molar-refractivity contribution in [3.05, 3.63) is 72.4 Å². The molecule has 0 spiro atoms. The molecule has 0 bridgehead atoms. The van der Waals surface area contributed by atoms with Crippen LogP contribution < -0.4 is 10.9 Å². The van der Waals surface area contributed by atoms with Crippen LogP contribution in [0.15, 0.2) is 66.9 Å². The molecule has 0 aliphatic carbocycles. The molecule has 1 fully saturated rings. The van der Waals surface area contributed by atoms with E-state index >= 15 is 0 Å². The van der Waals surface area contributed by atoms with Crippen molar-refractivity contribution in [2.45, 2.75) is 26.7 Å². The fourth-order valence-electron chi connectivity index (χ4n) is 4.08. The Labute approximate surface area is 198 Å². The van der Waals surface area contributed by atoms with Crippen LogP contribution in [0.1, 0.15) is 37.0 Å². The number of hydrogen-bond acceptors (Lipinski definition) is 4. The number of piperidine rings is 1. The van der Waals surface area contributed by atoms with E-state index in [0.717, 1.165) is 11.3 Å². The lowest BCUT2D eigenvalue weighted by molar-refractivity contribution is -0.138. The van der Waals surface area contributed by atoms with Gasteiger partial charge in [-0.15, -0.1) is 0 Å². The summed E-state index contributed by atoms with van der Waals surface area (Å²) in [6.45, 7) is 4.84. The summed E-state index contributed by atoms with van der Waals surface area (Å²) in [6.07, 6.45) is 2.80. The van der Waals surface area contributed by atoms with Gasteiger partial charge < -0.3 is 4.90 Å². The molecule has 2 heterocycles. The van der Waals surface area contributed by atoms with Crippen LogP contribution in [0.25, 0.3) is 16.9 Å². The van der Waals surface area contributed by atoms with Gasteiger partial charge in [0.2, 0.25) is 11.8 Å². The zero-order valence-corrected chi connectivity index (χ0v) is 19.4. The number of aromatic nitrogens is 2. The molecule has 4 rings (SSSR count). The van der Waals surface area contributed by atoms with Crippen molar-refractivity contribution in [3.63, 3.8) is 0 Å². The molecule has 3 aromatic rings. The van der Waals surface area contributed by atoms with Gasteiger partial charge >= 0.3 is 0 Å². The largest absolute Gasteiger partial charge is 0.342 e. The van der Waals surface area contributed by atoms with E-state index in [2.05, 4.69) is 16.0 Å². The lowest BCUT2D eigenvalue weighted by Gasteiger charge is -2.32. The summed E-state index contributed by atoms with van der Waals surface area (Å²) in [5.41, 5.74) is 7.62. The SMILES string of the molecule is CC(C)C(=O)N1CCC(C(=O)NNC(=O)c2cn(-c3ccccc3)nc2-c2ccccc2)CC1. The molecule has 2 N–H and O–H groups in total. The van der Waals surface area contributed by atoms with Gasteiger partial charge in [0.25, 0.3) is 5.91 Å². The number of nitrogens with one attached hydrogen (secondary N) is 2. The molecule has 1 saturated heterocycles. The fraction of sp³-hybridized carbons (Fsp3) is 0.308. The molecule has 1 aromatic heterocycles. The minimum absolute atomic E-state index is 0.0553. The van der Waals surface area contributed by atoms with Gasteiger partial charge in [0.1, 0.15) is 5.69 Å². The lowest BCUT2D eigenvalue weighted by Crippen LogP contribution is -2.48. The number of nitrogens with zero attached hydrogens (tertiary/aromatic N) is 3. The molecule has 34 heavy (non-hydrogen) atoms. The quantitative estimate of drug-likeness (QED) is 0.573. The molecular weight excluding hydrogens is 430 g/mol. The van der Waals surface area contributed by atoms with Crippen LogP contribution in [0.3, 0.4) is 0 Å². The summed E-state index contributed by atoms with van der Waals surface area (Å²) in [7, 11) is 0. The smallest absolute Gasteiger partial charge is 0.273 e. The molecule has 8 heteroatoms. The first-order chi connectivity index (χ1) is 16.4. The monoisotopic (exact) mass is 459 g/mol. The second-order valence-electron chi connectivity index (χ2n) is 8.74. The van der Waals surface area contributed by atoms with E-state index in [1.165, 1.54) is 0 Å². The molecule has 1 aliphatic rings. The van der Waals surface area contributed by atoms with E-state index in [0.29, 0.717) is 37.2 Å². The molecule has 0 unspecified atom stereocenters. The van der Waals surface area contributed by atoms with Gasteiger partial charge in [-0.25, -0.2) is 4.68 Å². The molecule has 0 atom stereocenters. The maximum atomic E-state index is 13.1. The van der Waals surface area contributed by atoms with Crippen molar-refractivity contribution >= 4 is 17.7 Å². The van der Waals surface area contributed by atoms with Gasteiger partial charge in [0, 0.05) is 36.7 Å². The molecule has 1 aliphatic heterocycles. The Morgan fingerprint density at radius 2 is 1.53 bits per heavy atom. The number of hydrazine groups is 1. The van der Waals surface area contributed by atoms with Crippen LogP contribution in [0.4, 0.5) is 0 Å². The lowest BCUT2D eigenvalue weighted by atomic mass is 9.95. The molecule has 0 saturated carbocycles. The molecule has 8 nitrogen and oxygen atoms in total. The molecule has 176 valence electrons. The summed E-state index contributed by atoms with van der Waals surface area (Å²) >= 11 is 0. The van der Waals surface area contributed by atoms with Gasteiger partial charge in [0.05, 0.1) is 11.3 Å². The number of benzene rings is 2. The predicted molar refractivity (Wildman–Crippen MR) is 129 cm³/mol. The van der Waals surface area contributed by atoms with Crippen molar-refractivity contribution in [3.8, 4) is 16.9 Å². The van der Waals surface area contributed by atoms with Crippen molar-refractivity contribution in [2.24, 2.45) is 11.8 Å². The minimum Gasteiger partial charge on any atom is -0.342 e. The Balaban J connectivity index is 1.44. The van der Waals surface area contributed by atoms with Crippen molar-refractivity contribution in [1.29, 1.82) is 0 Å². The van der Waals surface area contributed by atoms with Crippen molar-refractivity contribution in [1.82, 2.24) is 25.5 Å². The minimum atomic E-state index is -0.443. The maximum Gasteiger partial charge on any atom is 0.273 e. The first-order valence-electron chi connectivity index (χ1n) is 11.5. The normalized spacial score (nSPS) is 14.1. The average Bonchev–Trinajstić information content (AvgIpc) is 3.33. The van der Waals surface area contributed by atoms with Gasteiger partial charge in [-0.1, -0.05) is 62.4 Å². The van der Waals surface area contributed by atoms with Crippen LogP contribution in [-0.4, -0.2) is 45.5 Å². The van der Waals surface area contributed by atoms with Crippen LogP contribution in [0.5, 0.6) is 0 Å². The number of rotatable bonds is 5. The predicted octanol–water partition coefficient (Wildman–Crippen LogP) is 3.19. The third kappa shape index (κ3) is 5.17. The van der Waals surface area contributed by atoms with E-state index in [1.807, 2.05) is 74.5 Å². The number of amides is 3. The molecule has 0 radical (unpaired) electrons. The third-order valence-electron chi connectivity index (χ3n) is 6.00. The second kappa shape index (κ2) is 10.3. The Bertz CT molecular complexity index is 1150. The highest BCUT2D eigenvalue weighted by atomic mass is 16.2. The summed E-state index contributed by atoms with van der Waals surface area (Å²) in [5.74, 6) is -0.892. The standard InChI is InChI=1S/C26H29N5O3/c1-18(2)26(34)30-15-13-20(14-16-30)24(32)27-28-25(33)22-17-31(21-11-7-4-8-12-21)29-23(22)19-9-5-3-6-10-19/h3-12,17-18,20H,13-16H2,1-2H3,(H,27,32)(H,28,33). The topological polar surface area (TPSA) is 96.3 Å². The Kier molecular flexibility index (Phi) is 7.06. The second-order valence-corrected chi connectivity index (χ2v) is 8.74. The van der Waals surface area contributed by atoms with Gasteiger partial charge in [-0.2, -0.15) is 5.10 Å².